The lowest BCUT2D eigenvalue weighted by atomic mass is 10.2. The Morgan fingerprint density at radius 3 is 2.22 bits per heavy atom. The van der Waals surface area contributed by atoms with E-state index in [9.17, 15) is 19.5 Å². The Balaban J connectivity index is 2.54. The third-order valence-electron chi connectivity index (χ3n) is 3.36. The first-order chi connectivity index (χ1) is 10.9. The highest BCUT2D eigenvalue weighted by atomic mass is 35.5. The maximum Gasteiger partial charge on any atom is 0.333 e. The van der Waals surface area contributed by atoms with Crippen molar-refractivity contribution < 1.29 is 9.90 Å². The van der Waals surface area contributed by atoms with Gasteiger partial charge in [0, 0.05) is 23.8 Å². The van der Waals surface area contributed by atoms with E-state index in [1.807, 2.05) is 0 Å². The number of rotatable bonds is 4. The highest BCUT2D eigenvalue weighted by molar-refractivity contribution is 6.30. The molecular formula is C15H16ClN3O4. The number of aromatic nitrogens is 2. The Bertz CT molecular complexity index is 853. The second kappa shape index (κ2) is 6.70. The number of benzene rings is 1. The van der Waals surface area contributed by atoms with Crippen molar-refractivity contribution in [3.8, 4) is 5.88 Å². The van der Waals surface area contributed by atoms with Crippen LogP contribution in [0.2, 0.25) is 5.02 Å². The maximum atomic E-state index is 12.4. The van der Waals surface area contributed by atoms with E-state index in [1.54, 1.807) is 38.1 Å². The van der Waals surface area contributed by atoms with Crippen molar-refractivity contribution in [1.29, 1.82) is 0 Å². The van der Waals surface area contributed by atoms with Crippen LogP contribution in [-0.2, 0) is 13.1 Å². The van der Waals surface area contributed by atoms with E-state index < -0.39 is 28.6 Å². The molecule has 2 rings (SSSR count). The van der Waals surface area contributed by atoms with Gasteiger partial charge in [-0.25, -0.2) is 4.79 Å². The first-order valence-electron chi connectivity index (χ1n) is 7.04. The number of hydrogen-bond donors (Lipinski definition) is 2. The Kier molecular flexibility index (Phi) is 4.90. The summed E-state index contributed by atoms with van der Waals surface area (Å²) < 4.78 is 1.88. The molecule has 8 heteroatoms. The van der Waals surface area contributed by atoms with Gasteiger partial charge in [0.2, 0.25) is 5.88 Å². The molecular weight excluding hydrogens is 322 g/mol. The molecule has 1 heterocycles. The predicted molar refractivity (Wildman–Crippen MR) is 87.4 cm³/mol. The van der Waals surface area contributed by atoms with E-state index >= 15 is 0 Å². The molecule has 0 spiro atoms. The zero-order chi connectivity index (χ0) is 17.1. The van der Waals surface area contributed by atoms with E-state index in [2.05, 4.69) is 5.32 Å². The number of anilines is 1. The number of carbonyl (C=O) groups excluding carboxylic acids is 1. The van der Waals surface area contributed by atoms with Crippen molar-refractivity contribution in [2.75, 3.05) is 5.32 Å². The van der Waals surface area contributed by atoms with Gasteiger partial charge in [-0.1, -0.05) is 11.6 Å². The smallest absolute Gasteiger partial charge is 0.333 e. The topological polar surface area (TPSA) is 93.3 Å². The Labute approximate surface area is 136 Å². The molecule has 0 unspecified atom stereocenters. The molecule has 0 radical (unpaired) electrons. The van der Waals surface area contributed by atoms with Gasteiger partial charge < -0.3 is 10.4 Å². The average molecular weight is 338 g/mol. The van der Waals surface area contributed by atoms with Gasteiger partial charge in [0.1, 0.15) is 0 Å². The first-order valence-corrected chi connectivity index (χ1v) is 7.42. The maximum absolute atomic E-state index is 12.4. The van der Waals surface area contributed by atoms with Crippen LogP contribution in [0.3, 0.4) is 0 Å². The number of aromatic hydroxyl groups is 1. The Morgan fingerprint density at radius 2 is 1.70 bits per heavy atom. The van der Waals surface area contributed by atoms with Crippen molar-refractivity contribution in [3.05, 3.63) is 55.7 Å². The minimum Gasteiger partial charge on any atom is -0.494 e. The number of hydrogen-bond acceptors (Lipinski definition) is 4. The lowest BCUT2D eigenvalue weighted by Crippen LogP contribution is -2.42. The summed E-state index contributed by atoms with van der Waals surface area (Å²) in [5.41, 5.74) is -1.54. The largest absolute Gasteiger partial charge is 0.494 e. The fourth-order valence-electron chi connectivity index (χ4n) is 2.18. The van der Waals surface area contributed by atoms with Crippen molar-refractivity contribution in [2.45, 2.75) is 26.9 Å². The Morgan fingerprint density at radius 1 is 1.13 bits per heavy atom. The van der Waals surface area contributed by atoms with Crippen LogP contribution in [0.5, 0.6) is 5.88 Å². The van der Waals surface area contributed by atoms with Crippen LogP contribution < -0.4 is 16.6 Å². The second-order valence-corrected chi connectivity index (χ2v) is 5.17. The normalized spacial score (nSPS) is 10.6. The zero-order valence-electron chi connectivity index (χ0n) is 12.7. The predicted octanol–water partition coefficient (Wildman–Crippen LogP) is 1.66. The SMILES string of the molecule is CCn1c(O)c(C(=O)Nc2ccc(Cl)cc2)c(=O)n(CC)c1=O. The number of nitrogens with one attached hydrogen (secondary N) is 1. The molecule has 0 saturated carbocycles. The summed E-state index contributed by atoms with van der Waals surface area (Å²) in [6.45, 7) is 3.47. The number of carbonyl (C=O) groups is 1. The molecule has 2 aromatic rings. The van der Waals surface area contributed by atoms with Crippen LogP contribution in [-0.4, -0.2) is 20.1 Å². The number of halogens is 1. The van der Waals surface area contributed by atoms with Gasteiger partial charge in [-0.15, -0.1) is 0 Å². The lowest BCUT2D eigenvalue weighted by Gasteiger charge is -2.13. The fourth-order valence-corrected chi connectivity index (χ4v) is 2.30. The third kappa shape index (κ3) is 3.14. The zero-order valence-corrected chi connectivity index (χ0v) is 13.4. The van der Waals surface area contributed by atoms with Gasteiger partial charge in [-0.2, -0.15) is 0 Å². The molecule has 0 aliphatic rings. The van der Waals surface area contributed by atoms with E-state index in [-0.39, 0.29) is 13.1 Å². The van der Waals surface area contributed by atoms with E-state index in [1.165, 1.54) is 0 Å². The summed E-state index contributed by atoms with van der Waals surface area (Å²) in [5, 5.41) is 13.1. The highest BCUT2D eigenvalue weighted by Crippen LogP contribution is 2.16. The molecule has 1 aromatic heterocycles. The van der Waals surface area contributed by atoms with Crippen molar-refractivity contribution in [3.63, 3.8) is 0 Å². The van der Waals surface area contributed by atoms with E-state index in [0.717, 1.165) is 9.13 Å². The summed E-state index contributed by atoms with van der Waals surface area (Å²) in [6, 6.07) is 6.28. The second-order valence-electron chi connectivity index (χ2n) is 4.74. The molecule has 0 atom stereocenters. The monoisotopic (exact) mass is 337 g/mol. The number of amides is 1. The molecule has 0 bridgehead atoms. The average Bonchev–Trinajstić information content (AvgIpc) is 2.50. The summed E-state index contributed by atoms with van der Waals surface area (Å²) >= 11 is 5.77. The minimum absolute atomic E-state index is 0.0964. The fraction of sp³-hybridized carbons (Fsp3) is 0.267. The van der Waals surface area contributed by atoms with Gasteiger partial charge in [-0.05, 0) is 38.1 Å². The molecule has 2 N–H and O–H groups in total. The van der Waals surface area contributed by atoms with Crippen LogP contribution in [0.4, 0.5) is 5.69 Å². The van der Waals surface area contributed by atoms with Crippen LogP contribution in [0.25, 0.3) is 0 Å². The summed E-state index contributed by atoms with van der Waals surface area (Å²) in [5.74, 6) is -1.43. The number of nitrogens with zero attached hydrogens (tertiary/aromatic N) is 2. The standard InChI is InChI=1S/C15H16ClN3O4/c1-3-18-13(21)11(14(22)19(4-2)15(18)23)12(20)17-10-7-5-9(16)6-8-10/h5-8,21H,3-4H2,1-2H3,(H,17,20). The van der Waals surface area contributed by atoms with Gasteiger partial charge in [0.15, 0.2) is 5.56 Å². The van der Waals surface area contributed by atoms with Gasteiger partial charge >= 0.3 is 5.69 Å². The molecule has 1 aromatic carbocycles. The molecule has 0 aliphatic carbocycles. The van der Waals surface area contributed by atoms with Gasteiger partial charge in [0.25, 0.3) is 11.5 Å². The summed E-state index contributed by atoms with van der Waals surface area (Å²) in [6.07, 6.45) is 0. The highest BCUT2D eigenvalue weighted by Gasteiger charge is 2.23. The van der Waals surface area contributed by atoms with Crippen LogP contribution >= 0.6 is 11.6 Å². The third-order valence-corrected chi connectivity index (χ3v) is 3.61. The van der Waals surface area contributed by atoms with E-state index in [0.29, 0.717) is 10.7 Å². The van der Waals surface area contributed by atoms with Crippen molar-refractivity contribution in [1.82, 2.24) is 9.13 Å². The van der Waals surface area contributed by atoms with Crippen molar-refractivity contribution in [2.24, 2.45) is 0 Å². The molecule has 0 fully saturated rings. The van der Waals surface area contributed by atoms with Crippen LogP contribution in [0.15, 0.2) is 33.9 Å². The molecule has 0 saturated heterocycles. The quantitative estimate of drug-likeness (QED) is 0.887. The van der Waals surface area contributed by atoms with Gasteiger partial charge in [0.05, 0.1) is 0 Å². The summed E-state index contributed by atoms with van der Waals surface area (Å²) in [4.78, 5) is 36.7. The first kappa shape index (κ1) is 16.8. The van der Waals surface area contributed by atoms with Crippen LogP contribution in [0.1, 0.15) is 24.2 Å². The molecule has 7 nitrogen and oxygen atoms in total. The molecule has 23 heavy (non-hydrogen) atoms. The van der Waals surface area contributed by atoms with E-state index in [4.69, 9.17) is 11.6 Å². The lowest BCUT2D eigenvalue weighted by molar-refractivity contribution is 0.102. The molecule has 122 valence electrons. The molecule has 0 aliphatic heterocycles. The summed E-state index contributed by atoms with van der Waals surface area (Å²) in [7, 11) is 0. The minimum atomic E-state index is -0.828. The van der Waals surface area contributed by atoms with Crippen molar-refractivity contribution >= 4 is 23.2 Å². The van der Waals surface area contributed by atoms with Crippen LogP contribution in [0, 0.1) is 0 Å². The Hall–Kier alpha value is -2.54. The van der Waals surface area contributed by atoms with Gasteiger partial charge in [-0.3, -0.25) is 18.7 Å². The molecule has 1 amide bonds.